The lowest BCUT2D eigenvalue weighted by Crippen LogP contribution is -2.56. The Morgan fingerprint density at radius 2 is 1.80 bits per heavy atom. The van der Waals surface area contributed by atoms with E-state index in [1.807, 2.05) is 0 Å². The van der Waals surface area contributed by atoms with Gasteiger partial charge in [-0.25, -0.2) is 0 Å². The van der Waals surface area contributed by atoms with Crippen LogP contribution in [0.1, 0.15) is 66.2 Å². The van der Waals surface area contributed by atoms with Crippen LogP contribution >= 0.6 is 0 Å². The number of aliphatic hydroxyl groups excluding tert-OH is 1. The molecule has 2 saturated carbocycles. The fraction of sp³-hybridized carbons (Fsp3) is 0.833. The summed E-state index contributed by atoms with van der Waals surface area (Å²) in [5, 5.41) is 10.5. The van der Waals surface area contributed by atoms with Crippen LogP contribution in [0.5, 0.6) is 0 Å². The highest BCUT2D eigenvalue weighted by molar-refractivity contribution is 5.85. The van der Waals surface area contributed by atoms with Crippen LogP contribution in [0.15, 0.2) is 11.6 Å². The van der Waals surface area contributed by atoms with Crippen LogP contribution in [0.25, 0.3) is 0 Å². The summed E-state index contributed by atoms with van der Waals surface area (Å²) >= 11 is 0. The summed E-state index contributed by atoms with van der Waals surface area (Å²) in [6.07, 6.45) is 7.83. The topological polar surface area (TPSA) is 37.3 Å². The molecule has 2 fully saturated rings. The van der Waals surface area contributed by atoms with Gasteiger partial charge < -0.3 is 5.11 Å². The largest absolute Gasteiger partial charge is 0.392 e. The lowest BCUT2D eigenvalue weighted by Gasteiger charge is -2.60. The first-order valence-electron chi connectivity index (χ1n) is 8.15. The number of Topliss-reactive ketones (excluding diaryl/α,β-unsaturated/α-hetero) is 1. The zero-order valence-electron chi connectivity index (χ0n) is 13.3. The average Bonchev–Trinajstić information content (AvgIpc) is 2.37. The normalized spacial score (nSPS) is 47.2. The van der Waals surface area contributed by atoms with Gasteiger partial charge in [-0.3, -0.25) is 4.79 Å². The Balaban J connectivity index is 2.08. The molecule has 2 nitrogen and oxygen atoms in total. The number of rotatable bonds is 0. The zero-order valence-corrected chi connectivity index (χ0v) is 13.3. The van der Waals surface area contributed by atoms with Gasteiger partial charge in [-0.05, 0) is 43.4 Å². The smallest absolute Gasteiger partial charge is 0.138 e. The molecule has 2 heteroatoms. The number of aliphatic hydroxyl groups is 1. The molecule has 20 heavy (non-hydrogen) atoms. The second kappa shape index (κ2) is 4.19. The molecule has 0 radical (unpaired) electrons. The van der Waals surface area contributed by atoms with E-state index in [9.17, 15) is 9.90 Å². The summed E-state index contributed by atoms with van der Waals surface area (Å²) in [5.41, 5.74) is 1.30. The number of hydrogen-bond acceptors (Lipinski definition) is 2. The lowest BCUT2D eigenvalue weighted by molar-refractivity contribution is -0.143. The third-order valence-electron chi connectivity index (χ3n) is 6.94. The molecule has 0 aliphatic heterocycles. The van der Waals surface area contributed by atoms with Crippen LogP contribution in [0, 0.1) is 22.2 Å². The van der Waals surface area contributed by atoms with Crippen LogP contribution in [-0.2, 0) is 4.79 Å². The standard InChI is InChI=1S/C18H28O2/c1-16(2)12-8-10-18(4)13(6-5-7-15(18)20)17(12,3)11-9-14(16)19/h6,12,15,20H,5,7-11H2,1-4H3/t12?,15-,17+,18-/m1/s1. The molecule has 4 atom stereocenters. The van der Waals surface area contributed by atoms with Crippen molar-refractivity contribution in [3.63, 3.8) is 0 Å². The van der Waals surface area contributed by atoms with Gasteiger partial charge >= 0.3 is 0 Å². The molecular weight excluding hydrogens is 248 g/mol. The summed E-state index contributed by atoms with van der Waals surface area (Å²) in [6.45, 7) is 8.88. The van der Waals surface area contributed by atoms with Gasteiger partial charge in [0.25, 0.3) is 0 Å². The Hall–Kier alpha value is -0.630. The van der Waals surface area contributed by atoms with Crippen LogP contribution in [-0.4, -0.2) is 17.0 Å². The lowest BCUT2D eigenvalue weighted by atomic mass is 9.43. The number of ketones is 1. The first-order chi connectivity index (χ1) is 9.23. The van der Waals surface area contributed by atoms with Crippen molar-refractivity contribution >= 4 is 5.78 Å². The van der Waals surface area contributed by atoms with E-state index in [1.54, 1.807) is 0 Å². The Morgan fingerprint density at radius 1 is 1.10 bits per heavy atom. The van der Waals surface area contributed by atoms with Gasteiger partial charge in [0.05, 0.1) is 6.10 Å². The summed E-state index contributed by atoms with van der Waals surface area (Å²) in [6, 6.07) is 0. The van der Waals surface area contributed by atoms with Crippen molar-refractivity contribution in [2.24, 2.45) is 22.2 Å². The Bertz CT molecular complexity index is 476. The number of carbonyl (C=O) groups excluding carboxylic acids is 1. The summed E-state index contributed by atoms with van der Waals surface area (Å²) in [7, 11) is 0. The molecule has 1 N–H and O–H groups in total. The summed E-state index contributed by atoms with van der Waals surface area (Å²) < 4.78 is 0. The SMILES string of the molecule is CC1(C)C(=O)CC[C@]2(C)C3=CCC[C@@H](O)[C@]3(C)CCC12. The molecule has 0 spiro atoms. The predicted octanol–water partition coefficient (Wildman–Crippen LogP) is 3.88. The van der Waals surface area contributed by atoms with Crippen LogP contribution < -0.4 is 0 Å². The fourth-order valence-electron chi connectivity index (χ4n) is 5.61. The summed E-state index contributed by atoms with van der Waals surface area (Å²) in [5.74, 6) is 0.862. The number of hydrogen-bond donors (Lipinski definition) is 1. The summed E-state index contributed by atoms with van der Waals surface area (Å²) in [4.78, 5) is 12.3. The minimum atomic E-state index is -0.211. The maximum atomic E-state index is 12.3. The molecule has 0 bridgehead atoms. The van der Waals surface area contributed by atoms with Crippen LogP contribution in [0.4, 0.5) is 0 Å². The molecule has 0 heterocycles. The first kappa shape index (κ1) is 14.3. The van der Waals surface area contributed by atoms with Crippen molar-refractivity contribution in [1.82, 2.24) is 0 Å². The van der Waals surface area contributed by atoms with Gasteiger partial charge in [0.2, 0.25) is 0 Å². The van der Waals surface area contributed by atoms with E-state index in [2.05, 4.69) is 33.8 Å². The molecule has 3 aliphatic carbocycles. The quantitative estimate of drug-likeness (QED) is 0.682. The fourth-order valence-corrected chi connectivity index (χ4v) is 5.61. The van der Waals surface area contributed by atoms with E-state index in [-0.39, 0.29) is 22.3 Å². The molecule has 3 rings (SSSR count). The maximum absolute atomic E-state index is 12.3. The van der Waals surface area contributed by atoms with Crippen LogP contribution in [0.3, 0.4) is 0 Å². The minimum Gasteiger partial charge on any atom is -0.392 e. The Morgan fingerprint density at radius 3 is 2.50 bits per heavy atom. The average molecular weight is 276 g/mol. The van der Waals surface area contributed by atoms with Crippen molar-refractivity contribution in [1.29, 1.82) is 0 Å². The van der Waals surface area contributed by atoms with Gasteiger partial charge in [0, 0.05) is 17.3 Å². The van der Waals surface area contributed by atoms with Gasteiger partial charge in [0.1, 0.15) is 5.78 Å². The van der Waals surface area contributed by atoms with Gasteiger partial charge in [-0.15, -0.1) is 0 Å². The van der Waals surface area contributed by atoms with E-state index in [1.165, 1.54) is 5.57 Å². The predicted molar refractivity (Wildman–Crippen MR) is 80.3 cm³/mol. The van der Waals surface area contributed by atoms with E-state index in [0.29, 0.717) is 18.1 Å². The molecular formula is C18H28O2. The highest BCUT2D eigenvalue weighted by Gasteiger charge is 2.59. The monoisotopic (exact) mass is 276 g/mol. The van der Waals surface area contributed by atoms with Crippen molar-refractivity contribution in [2.45, 2.75) is 72.3 Å². The van der Waals surface area contributed by atoms with E-state index in [4.69, 9.17) is 0 Å². The number of carbonyl (C=O) groups is 1. The van der Waals surface area contributed by atoms with E-state index < -0.39 is 0 Å². The molecule has 0 aromatic rings. The van der Waals surface area contributed by atoms with Gasteiger partial charge in [0.15, 0.2) is 0 Å². The highest BCUT2D eigenvalue weighted by atomic mass is 16.3. The second-order valence-electron chi connectivity index (χ2n) is 8.28. The van der Waals surface area contributed by atoms with Crippen molar-refractivity contribution < 1.29 is 9.90 Å². The zero-order chi connectivity index (χ0) is 14.8. The third-order valence-corrected chi connectivity index (χ3v) is 6.94. The first-order valence-corrected chi connectivity index (χ1v) is 8.15. The minimum absolute atomic E-state index is 0.0556. The molecule has 0 amide bonds. The maximum Gasteiger partial charge on any atom is 0.138 e. The molecule has 0 aromatic carbocycles. The Labute approximate surface area is 122 Å². The molecule has 1 unspecified atom stereocenters. The van der Waals surface area contributed by atoms with E-state index >= 15 is 0 Å². The van der Waals surface area contributed by atoms with Crippen molar-refractivity contribution in [3.8, 4) is 0 Å². The highest BCUT2D eigenvalue weighted by Crippen LogP contribution is 2.65. The van der Waals surface area contributed by atoms with Gasteiger partial charge in [-0.2, -0.15) is 0 Å². The number of fused-ring (bicyclic) bond motifs is 3. The van der Waals surface area contributed by atoms with Crippen LogP contribution in [0.2, 0.25) is 0 Å². The second-order valence-corrected chi connectivity index (χ2v) is 8.28. The third kappa shape index (κ3) is 1.63. The van der Waals surface area contributed by atoms with Crippen molar-refractivity contribution in [3.05, 3.63) is 11.6 Å². The molecule has 3 aliphatic rings. The van der Waals surface area contributed by atoms with Gasteiger partial charge in [-0.1, -0.05) is 39.3 Å². The molecule has 112 valence electrons. The molecule has 0 aromatic heterocycles. The van der Waals surface area contributed by atoms with E-state index in [0.717, 1.165) is 32.1 Å². The number of allylic oxidation sites excluding steroid dienone is 1. The molecule has 0 saturated heterocycles. The van der Waals surface area contributed by atoms with Crippen molar-refractivity contribution in [2.75, 3.05) is 0 Å². The Kier molecular flexibility index (Phi) is 3.00.